The lowest BCUT2D eigenvalue weighted by atomic mass is 9.90. The van der Waals surface area contributed by atoms with Crippen molar-refractivity contribution in [3.63, 3.8) is 0 Å². The molecule has 0 aliphatic heterocycles. The van der Waals surface area contributed by atoms with Crippen LogP contribution in [0, 0.1) is 41.5 Å². The van der Waals surface area contributed by atoms with Gasteiger partial charge in [-0.2, -0.15) is 0 Å². The molecule has 0 aromatic heterocycles. The lowest BCUT2D eigenvalue weighted by Gasteiger charge is -2.35. The van der Waals surface area contributed by atoms with E-state index in [9.17, 15) is 0 Å². The molecule has 0 N–H and O–H groups in total. The highest BCUT2D eigenvalue weighted by molar-refractivity contribution is 6.28. The smallest absolute Gasteiger partial charge is 0.0562 e. The molecule has 0 saturated carbocycles. The first-order chi connectivity index (χ1) is 24.1. The zero-order valence-electron chi connectivity index (χ0n) is 30.6. The van der Waals surface area contributed by atoms with E-state index in [0.29, 0.717) is 0 Å². The number of hydrogen-bond acceptors (Lipinski definition) is 2. The second kappa shape index (κ2) is 12.2. The number of benzene rings is 7. The summed E-state index contributed by atoms with van der Waals surface area (Å²) in [6, 6.07) is 39.5. The molecule has 1 unspecified atom stereocenters. The zero-order chi connectivity index (χ0) is 34.8. The highest BCUT2D eigenvalue weighted by Crippen LogP contribution is 2.47. The van der Waals surface area contributed by atoms with E-state index >= 15 is 0 Å². The van der Waals surface area contributed by atoms with Crippen LogP contribution < -0.4 is 9.80 Å². The van der Waals surface area contributed by atoms with Crippen LogP contribution in [0.4, 0.5) is 28.4 Å². The first-order valence-corrected chi connectivity index (χ1v) is 18.0. The van der Waals surface area contributed by atoms with E-state index in [1.807, 2.05) is 0 Å². The zero-order valence-corrected chi connectivity index (χ0v) is 30.6. The average Bonchev–Trinajstić information content (AvgIpc) is 3.11. The summed E-state index contributed by atoms with van der Waals surface area (Å²) in [6.45, 7) is 17.7. The van der Waals surface area contributed by atoms with Crippen molar-refractivity contribution in [1.82, 2.24) is 0 Å². The molecule has 0 fully saturated rings. The molecule has 0 amide bonds. The van der Waals surface area contributed by atoms with Crippen molar-refractivity contribution in [2.24, 2.45) is 0 Å². The van der Waals surface area contributed by atoms with E-state index < -0.39 is 0 Å². The summed E-state index contributed by atoms with van der Waals surface area (Å²) in [5.74, 6) is 0. The SMILES string of the molecule is CC1=CCC(N(c2ccc(C)c(C)c2)c2ccc3ccc4c(N(c5ccc(C)c(C)c5)c5ccc(C)c(C)c5)ccc5ccc2c3c54)C=C1C. The van der Waals surface area contributed by atoms with Crippen molar-refractivity contribution < 1.29 is 0 Å². The Morgan fingerprint density at radius 1 is 0.440 bits per heavy atom. The molecular weight excluding hydrogens is 605 g/mol. The van der Waals surface area contributed by atoms with Gasteiger partial charge in [0, 0.05) is 33.5 Å². The fourth-order valence-corrected chi connectivity index (χ4v) is 7.84. The minimum Gasteiger partial charge on any atom is -0.334 e. The van der Waals surface area contributed by atoms with E-state index in [0.717, 1.165) is 6.42 Å². The molecule has 248 valence electrons. The van der Waals surface area contributed by atoms with E-state index in [2.05, 4.69) is 180 Å². The number of anilines is 5. The van der Waals surface area contributed by atoms with E-state index in [4.69, 9.17) is 0 Å². The first kappa shape index (κ1) is 31.9. The Morgan fingerprint density at radius 3 is 1.42 bits per heavy atom. The van der Waals surface area contributed by atoms with Crippen molar-refractivity contribution in [3.8, 4) is 0 Å². The molecule has 2 heteroatoms. The number of aryl methyl sites for hydroxylation is 6. The van der Waals surface area contributed by atoms with Gasteiger partial charge in [0.05, 0.1) is 11.7 Å². The molecule has 0 bridgehead atoms. The summed E-state index contributed by atoms with van der Waals surface area (Å²) in [6.07, 6.45) is 5.85. The lowest BCUT2D eigenvalue weighted by Crippen LogP contribution is -2.31. The Kier molecular flexibility index (Phi) is 7.79. The van der Waals surface area contributed by atoms with Crippen molar-refractivity contribution in [2.75, 3.05) is 9.80 Å². The highest BCUT2D eigenvalue weighted by Gasteiger charge is 2.25. The summed E-state index contributed by atoms with van der Waals surface area (Å²) in [4.78, 5) is 5.04. The van der Waals surface area contributed by atoms with Crippen LogP contribution in [0.25, 0.3) is 32.3 Å². The molecule has 0 heterocycles. The van der Waals surface area contributed by atoms with Gasteiger partial charge in [-0.1, -0.05) is 77.9 Å². The molecule has 0 spiro atoms. The van der Waals surface area contributed by atoms with Crippen molar-refractivity contribution >= 4 is 60.8 Å². The van der Waals surface area contributed by atoms with Gasteiger partial charge < -0.3 is 9.80 Å². The number of nitrogens with zero attached hydrogens (tertiary/aromatic N) is 2. The number of hydrogen-bond donors (Lipinski definition) is 0. The molecule has 1 aliphatic rings. The third kappa shape index (κ3) is 5.26. The Bertz CT molecular complexity index is 2460. The first-order valence-electron chi connectivity index (χ1n) is 18.0. The van der Waals surface area contributed by atoms with Gasteiger partial charge in [0.15, 0.2) is 0 Å². The molecule has 2 nitrogen and oxygen atoms in total. The van der Waals surface area contributed by atoms with Crippen LogP contribution in [0.2, 0.25) is 0 Å². The molecule has 50 heavy (non-hydrogen) atoms. The monoisotopic (exact) mass is 650 g/mol. The Hall–Kier alpha value is -5.34. The van der Waals surface area contributed by atoms with Gasteiger partial charge in [-0.25, -0.2) is 0 Å². The number of rotatable bonds is 6. The van der Waals surface area contributed by atoms with Crippen LogP contribution in [0.15, 0.2) is 126 Å². The fraction of sp³-hybridized carbons (Fsp3) is 0.208. The van der Waals surface area contributed by atoms with Crippen molar-refractivity contribution in [2.45, 2.75) is 67.9 Å². The Labute approximate surface area is 297 Å². The van der Waals surface area contributed by atoms with Crippen LogP contribution >= 0.6 is 0 Å². The highest BCUT2D eigenvalue weighted by atomic mass is 15.2. The van der Waals surface area contributed by atoms with Crippen LogP contribution in [0.1, 0.15) is 53.6 Å². The summed E-state index contributed by atoms with van der Waals surface area (Å²) >= 11 is 0. The maximum Gasteiger partial charge on any atom is 0.0562 e. The fourth-order valence-electron chi connectivity index (χ4n) is 7.84. The average molecular weight is 651 g/mol. The van der Waals surface area contributed by atoms with Gasteiger partial charge in [-0.3, -0.25) is 0 Å². The minimum absolute atomic E-state index is 0.222. The van der Waals surface area contributed by atoms with Crippen LogP contribution in [-0.4, -0.2) is 6.04 Å². The molecule has 1 aliphatic carbocycles. The quantitative estimate of drug-likeness (QED) is 0.165. The van der Waals surface area contributed by atoms with Gasteiger partial charge >= 0.3 is 0 Å². The van der Waals surface area contributed by atoms with Gasteiger partial charge in [0.25, 0.3) is 0 Å². The van der Waals surface area contributed by atoms with Gasteiger partial charge in [-0.15, -0.1) is 0 Å². The van der Waals surface area contributed by atoms with Gasteiger partial charge in [0.1, 0.15) is 0 Å². The largest absolute Gasteiger partial charge is 0.334 e. The van der Waals surface area contributed by atoms with E-state index in [1.165, 1.54) is 105 Å². The maximum absolute atomic E-state index is 2.59. The maximum atomic E-state index is 2.59. The summed E-state index contributed by atoms with van der Waals surface area (Å²) < 4.78 is 0. The van der Waals surface area contributed by atoms with Crippen LogP contribution in [0.3, 0.4) is 0 Å². The second-order valence-corrected chi connectivity index (χ2v) is 14.6. The predicted molar refractivity (Wildman–Crippen MR) is 218 cm³/mol. The minimum atomic E-state index is 0.222. The molecule has 0 saturated heterocycles. The molecule has 0 radical (unpaired) electrons. The molecule has 7 aromatic carbocycles. The number of allylic oxidation sites excluding steroid dienone is 2. The molecule has 7 aromatic rings. The molecule has 8 rings (SSSR count). The van der Waals surface area contributed by atoms with Crippen molar-refractivity contribution in [1.29, 1.82) is 0 Å². The van der Waals surface area contributed by atoms with Gasteiger partial charge in [0.2, 0.25) is 0 Å². The predicted octanol–water partition coefficient (Wildman–Crippen LogP) is 13.7. The topological polar surface area (TPSA) is 6.48 Å². The summed E-state index contributed by atoms with van der Waals surface area (Å²) in [5, 5.41) is 7.74. The molecular formula is C48H46N2. The van der Waals surface area contributed by atoms with Crippen LogP contribution in [-0.2, 0) is 0 Å². The Morgan fingerprint density at radius 2 is 0.900 bits per heavy atom. The standard InChI is InChI=1S/C48H46N2/c1-29-9-17-39(25-33(29)5)49(40-18-10-30(2)34(6)26-40)45-23-15-37-14-22-44-46(24-16-38-13-21-43(45)47(37)48(38)44)50(41-19-11-31(3)35(7)27-41)42-20-12-32(4)36(8)28-42/h9-19,21-28,42H,20H2,1-8H3. The lowest BCUT2D eigenvalue weighted by molar-refractivity contribution is 0.772. The van der Waals surface area contributed by atoms with Crippen molar-refractivity contribution in [3.05, 3.63) is 160 Å². The van der Waals surface area contributed by atoms with Gasteiger partial charge in [-0.05, 0) is 165 Å². The normalized spacial score (nSPS) is 14.8. The third-order valence-electron chi connectivity index (χ3n) is 11.4. The second-order valence-electron chi connectivity index (χ2n) is 14.6. The summed E-state index contributed by atoms with van der Waals surface area (Å²) in [7, 11) is 0. The third-order valence-corrected chi connectivity index (χ3v) is 11.4. The van der Waals surface area contributed by atoms with E-state index in [1.54, 1.807) is 0 Å². The van der Waals surface area contributed by atoms with E-state index in [-0.39, 0.29) is 6.04 Å². The molecule has 1 atom stereocenters. The summed E-state index contributed by atoms with van der Waals surface area (Å²) in [5.41, 5.74) is 16.6. The van der Waals surface area contributed by atoms with Crippen LogP contribution in [0.5, 0.6) is 0 Å². The Balaban J connectivity index is 1.39.